The lowest BCUT2D eigenvalue weighted by atomic mass is 10.1. The minimum absolute atomic E-state index is 0.102. The first-order chi connectivity index (χ1) is 15.5. The number of hydrazine groups is 1. The summed E-state index contributed by atoms with van der Waals surface area (Å²) in [7, 11) is 1.78. The zero-order valence-corrected chi connectivity index (χ0v) is 21.1. The number of halogens is 3. The van der Waals surface area contributed by atoms with E-state index in [0.29, 0.717) is 11.3 Å². The first-order valence-electron chi connectivity index (χ1n) is 9.95. The number of benzene rings is 2. The van der Waals surface area contributed by atoms with Gasteiger partial charge in [-0.1, -0.05) is 71.2 Å². The zero-order chi connectivity index (χ0) is 24.3. The van der Waals surface area contributed by atoms with Crippen molar-refractivity contribution in [1.82, 2.24) is 15.6 Å². The van der Waals surface area contributed by atoms with Gasteiger partial charge in [-0.15, -0.1) is 0 Å². The van der Waals surface area contributed by atoms with Crippen LogP contribution in [0.1, 0.15) is 22.8 Å². The molecule has 174 valence electrons. The summed E-state index contributed by atoms with van der Waals surface area (Å²) >= 11 is 23.5. The monoisotopic (exact) mass is 525 g/mol. The molecule has 3 rings (SSSR count). The smallest absolute Gasteiger partial charge is 0.289 e. The number of hydrogen-bond acceptors (Lipinski definition) is 4. The molecule has 1 saturated heterocycles. The molecule has 0 aromatic heterocycles. The van der Waals surface area contributed by atoms with Crippen molar-refractivity contribution in [3.05, 3.63) is 65.7 Å². The van der Waals surface area contributed by atoms with Gasteiger partial charge in [0.1, 0.15) is 11.9 Å². The van der Waals surface area contributed by atoms with Gasteiger partial charge in [0.25, 0.3) is 11.8 Å². The van der Waals surface area contributed by atoms with Crippen molar-refractivity contribution in [3.63, 3.8) is 0 Å². The molecule has 0 saturated carbocycles. The molecule has 1 heterocycles. The number of amides is 2. The Morgan fingerprint density at radius 2 is 1.70 bits per heavy atom. The summed E-state index contributed by atoms with van der Waals surface area (Å²) in [6.45, 7) is 3.63. The fourth-order valence-electron chi connectivity index (χ4n) is 3.29. The molecular formula is C22H22Cl3N5O2S. The molecule has 2 unspecified atom stereocenters. The number of carbonyl (C=O) groups excluding carboxylic acids is 2. The predicted octanol–water partition coefficient (Wildman–Crippen LogP) is 4.02. The highest BCUT2D eigenvalue weighted by molar-refractivity contribution is 7.80. The number of anilines is 1. The second-order valence-corrected chi connectivity index (χ2v) is 10.2. The third-order valence-electron chi connectivity index (χ3n) is 5.17. The molecule has 2 N–H and O–H groups in total. The summed E-state index contributed by atoms with van der Waals surface area (Å²) in [6.07, 6.45) is -1.19. The van der Waals surface area contributed by atoms with Gasteiger partial charge in [-0.25, -0.2) is 15.0 Å². The van der Waals surface area contributed by atoms with Gasteiger partial charge in [-0.2, -0.15) is 0 Å². The number of carbonyl (C=O) groups is 2. The van der Waals surface area contributed by atoms with E-state index in [0.717, 1.165) is 5.56 Å². The second-order valence-electron chi connectivity index (χ2n) is 7.41. The number of aliphatic imine (C=N–C) groups is 1. The number of alkyl halides is 3. The third-order valence-corrected chi connectivity index (χ3v) is 6.03. The molecule has 0 bridgehead atoms. The van der Waals surface area contributed by atoms with Crippen LogP contribution in [0.5, 0.6) is 0 Å². The van der Waals surface area contributed by atoms with Gasteiger partial charge in [-0.3, -0.25) is 9.59 Å². The molecule has 0 spiro atoms. The van der Waals surface area contributed by atoms with Crippen LogP contribution >= 0.6 is 47.0 Å². The Labute approximate surface area is 212 Å². The van der Waals surface area contributed by atoms with Gasteiger partial charge in [-0.05, 0) is 49.8 Å². The maximum Gasteiger partial charge on any atom is 0.289 e. The molecule has 1 aliphatic heterocycles. The second kappa shape index (κ2) is 10.4. The Morgan fingerprint density at radius 1 is 1.09 bits per heavy atom. The van der Waals surface area contributed by atoms with Crippen molar-refractivity contribution in [2.24, 2.45) is 4.99 Å². The lowest BCUT2D eigenvalue weighted by molar-refractivity contribution is -0.113. The number of hydrogen-bond donors (Lipinski definition) is 2. The zero-order valence-electron chi connectivity index (χ0n) is 18.1. The van der Waals surface area contributed by atoms with Crippen LogP contribution in [0.25, 0.3) is 0 Å². The predicted molar refractivity (Wildman–Crippen MR) is 137 cm³/mol. The van der Waals surface area contributed by atoms with E-state index < -0.39 is 15.9 Å². The topological polar surface area (TPSA) is 77.0 Å². The average Bonchev–Trinajstić information content (AvgIpc) is 2.96. The average molecular weight is 527 g/mol. The van der Waals surface area contributed by atoms with Crippen LogP contribution in [0.3, 0.4) is 0 Å². The van der Waals surface area contributed by atoms with Crippen molar-refractivity contribution in [3.8, 4) is 0 Å². The Morgan fingerprint density at radius 3 is 2.30 bits per heavy atom. The van der Waals surface area contributed by atoms with E-state index >= 15 is 0 Å². The third kappa shape index (κ3) is 5.83. The molecule has 2 atom stereocenters. The molecule has 1 aliphatic rings. The Hall–Kier alpha value is -2.23. The molecule has 2 amide bonds. The SMILES string of the molecule is Cc1ccccc1C(=O)NC(NC(=S)N=C1C(=O)N(c2ccccc2)N(C)C1C)C(Cl)(Cl)Cl. The molecule has 0 radical (unpaired) electrons. The highest BCUT2D eigenvalue weighted by Gasteiger charge is 2.41. The summed E-state index contributed by atoms with van der Waals surface area (Å²) in [5.74, 6) is -0.776. The van der Waals surface area contributed by atoms with Gasteiger partial charge < -0.3 is 10.6 Å². The maximum atomic E-state index is 13.1. The largest absolute Gasteiger partial charge is 0.337 e. The summed E-state index contributed by atoms with van der Waals surface area (Å²) in [5.41, 5.74) is 2.10. The molecular weight excluding hydrogens is 505 g/mol. The molecule has 0 aliphatic carbocycles. The van der Waals surface area contributed by atoms with Gasteiger partial charge in [0.05, 0.1) is 11.7 Å². The first kappa shape index (κ1) is 25.4. The normalized spacial score (nSPS) is 19.0. The lowest BCUT2D eigenvalue weighted by Gasteiger charge is -2.27. The first-order valence-corrected chi connectivity index (χ1v) is 11.5. The van der Waals surface area contributed by atoms with Crippen LogP contribution in [0, 0.1) is 6.92 Å². The van der Waals surface area contributed by atoms with Gasteiger partial charge in [0.15, 0.2) is 5.11 Å². The van der Waals surface area contributed by atoms with Crippen LogP contribution in [0.2, 0.25) is 0 Å². The Bertz CT molecular complexity index is 1090. The van der Waals surface area contributed by atoms with Crippen molar-refractivity contribution >= 4 is 75.3 Å². The number of rotatable bonds is 4. The highest BCUT2D eigenvalue weighted by atomic mass is 35.6. The molecule has 7 nitrogen and oxygen atoms in total. The molecule has 2 aromatic carbocycles. The van der Waals surface area contributed by atoms with E-state index in [2.05, 4.69) is 15.6 Å². The number of aryl methyl sites for hydroxylation is 1. The van der Waals surface area contributed by atoms with E-state index in [1.807, 2.05) is 43.3 Å². The van der Waals surface area contributed by atoms with Crippen LogP contribution in [0.15, 0.2) is 59.6 Å². The Kier molecular flexibility index (Phi) is 7.97. The fraction of sp³-hybridized carbons (Fsp3) is 0.273. The van der Waals surface area contributed by atoms with Gasteiger partial charge >= 0.3 is 0 Å². The standard InChI is InChI=1S/C22H22Cl3N5O2S/c1-13-9-7-8-12-16(13)18(31)27-20(22(23,24)25)28-21(33)26-17-14(2)29(3)30(19(17)32)15-10-5-4-6-11-15/h4-12,14,20H,1-3H3,(H,27,31)(H,28,33). The number of nitrogens with one attached hydrogen (secondary N) is 2. The van der Waals surface area contributed by atoms with Gasteiger partial charge in [0, 0.05) is 12.6 Å². The van der Waals surface area contributed by atoms with Crippen molar-refractivity contribution in [2.45, 2.75) is 29.8 Å². The molecule has 1 fully saturated rings. The number of para-hydroxylation sites is 1. The Balaban J connectivity index is 1.79. The van der Waals surface area contributed by atoms with Crippen molar-refractivity contribution < 1.29 is 9.59 Å². The van der Waals surface area contributed by atoms with Crippen LogP contribution < -0.4 is 15.6 Å². The van der Waals surface area contributed by atoms with E-state index in [-0.39, 0.29) is 22.8 Å². The summed E-state index contributed by atoms with van der Waals surface area (Å²) < 4.78 is -1.94. The van der Waals surface area contributed by atoms with Crippen LogP contribution in [-0.4, -0.2) is 50.7 Å². The number of nitrogens with zero attached hydrogens (tertiary/aromatic N) is 3. The highest BCUT2D eigenvalue weighted by Crippen LogP contribution is 2.30. The summed E-state index contributed by atoms with van der Waals surface area (Å²) in [4.78, 5) is 30.1. The molecule has 11 heteroatoms. The van der Waals surface area contributed by atoms with E-state index in [1.165, 1.54) is 5.01 Å². The summed E-state index contributed by atoms with van der Waals surface area (Å²) in [5, 5.41) is 8.53. The van der Waals surface area contributed by atoms with Crippen LogP contribution in [-0.2, 0) is 4.79 Å². The maximum absolute atomic E-state index is 13.1. The fourth-order valence-corrected chi connectivity index (χ4v) is 3.84. The van der Waals surface area contributed by atoms with E-state index in [1.54, 1.807) is 37.2 Å². The van der Waals surface area contributed by atoms with E-state index in [4.69, 9.17) is 47.0 Å². The minimum Gasteiger partial charge on any atom is -0.337 e. The summed E-state index contributed by atoms with van der Waals surface area (Å²) in [6, 6.07) is 15.8. The van der Waals surface area contributed by atoms with Crippen molar-refractivity contribution in [2.75, 3.05) is 12.1 Å². The molecule has 2 aromatic rings. The quantitative estimate of drug-likeness (QED) is 0.358. The lowest BCUT2D eigenvalue weighted by Crippen LogP contribution is -2.55. The van der Waals surface area contributed by atoms with E-state index in [9.17, 15) is 9.59 Å². The number of thiocarbonyl (C=S) groups is 1. The van der Waals surface area contributed by atoms with Gasteiger partial charge in [0.2, 0.25) is 3.79 Å². The van der Waals surface area contributed by atoms with Crippen LogP contribution in [0.4, 0.5) is 5.69 Å². The molecule has 33 heavy (non-hydrogen) atoms. The van der Waals surface area contributed by atoms with Crippen molar-refractivity contribution in [1.29, 1.82) is 0 Å². The minimum atomic E-state index is -1.94.